The molecule has 0 saturated heterocycles. The smallest absolute Gasteiger partial charge is 0.322 e. The Morgan fingerprint density at radius 2 is 1.93 bits per heavy atom. The van der Waals surface area contributed by atoms with Gasteiger partial charge in [-0.1, -0.05) is 25.5 Å². The fourth-order valence-electron chi connectivity index (χ4n) is 2.89. The van der Waals surface area contributed by atoms with E-state index in [-0.39, 0.29) is 18.0 Å². The Morgan fingerprint density at radius 1 is 1.21 bits per heavy atom. The molecule has 2 aromatic rings. The second-order valence-electron chi connectivity index (χ2n) is 7.99. The van der Waals surface area contributed by atoms with Crippen LogP contribution in [0.25, 0.3) is 10.9 Å². The number of imide groups is 1. The number of hydrogen-bond donors (Lipinski definition) is 4. The third-order valence-electron chi connectivity index (χ3n) is 4.12. The van der Waals surface area contributed by atoms with Gasteiger partial charge in [-0.05, 0) is 39.3 Å². The van der Waals surface area contributed by atoms with Crippen LogP contribution in [0, 0.1) is 0 Å². The maximum Gasteiger partial charge on any atom is 0.322 e. The number of urea groups is 1. The monoisotopic (exact) mass is 388 g/mol. The van der Waals surface area contributed by atoms with E-state index in [1.54, 1.807) is 18.2 Å². The molecule has 28 heavy (non-hydrogen) atoms. The van der Waals surface area contributed by atoms with Crippen molar-refractivity contribution < 1.29 is 14.5 Å². The minimum atomic E-state index is -0.510. The Hall–Kier alpha value is -2.74. The number of quaternary nitrogens is 1. The van der Waals surface area contributed by atoms with Crippen LogP contribution < -0.4 is 21.1 Å². The number of nitrogens with one attached hydrogen (secondary N) is 4. The molecule has 0 fully saturated rings. The molecule has 4 N–H and O–H groups in total. The average Bonchev–Trinajstić information content (AvgIpc) is 2.57. The highest BCUT2D eigenvalue weighted by molar-refractivity contribution is 5.94. The van der Waals surface area contributed by atoms with Crippen LogP contribution >= 0.6 is 0 Å². The summed E-state index contributed by atoms with van der Waals surface area (Å²) >= 11 is 0. The van der Waals surface area contributed by atoms with E-state index in [9.17, 15) is 14.4 Å². The van der Waals surface area contributed by atoms with E-state index in [0.29, 0.717) is 23.3 Å². The van der Waals surface area contributed by atoms with Crippen LogP contribution in [0.3, 0.4) is 0 Å². The van der Waals surface area contributed by atoms with Gasteiger partial charge in [-0.2, -0.15) is 0 Å². The first kappa shape index (κ1) is 21.6. The number of aromatic amines is 1. The fraction of sp³-hybridized carbons (Fsp3) is 0.500. The number of carbonyl (C=O) groups is 2. The summed E-state index contributed by atoms with van der Waals surface area (Å²) in [6.07, 6.45) is 1.91. The molecular weight excluding hydrogens is 358 g/mol. The predicted octanol–water partition coefficient (Wildman–Crippen LogP) is 0.732. The number of rotatable bonds is 7. The zero-order valence-electron chi connectivity index (χ0n) is 17.0. The summed E-state index contributed by atoms with van der Waals surface area (Å²) in [6, 6.07) is 6.65. The number of benzene rings is 1. The van der Waals surface area contributed by atoms with Gasteiger partial charge in [0, 0.05) is 5.54 Å². The highest BCUT2D eigenvalue weighted by atomic mass is 16.2. The van der Waals surface area contributed by atoms with Crippen molar-refractivity contribution in [1.82, 2.24) is 20.6 Å². The van der Waals surface area contributed by atoms with E-state index in [4.69, 9.17) is 0 Å². The summed E-state index contributed by atoms with van der Waals surface area (Å²) in [5, 5.41) is 5.61. The number of fused-ring (bicyclic) bond motifs is 1. The maximum atomic E-state index is 12.3. The molecule has 0 radical (unpaired) electrons. The Bertz CT molecular complexity index is 885. The quantitative estimate of drug-likeness (QED) is 0.561. The average molecular weight is 388 g/mol. The SMILES string of the molecule is CCCC[NH+](CC(=O)NC(=O)NC(C)(C)C)Cc1nc2ccccc2c(=O)[nH]1. The molecule has 1 aromatic heterocycles. The second-order valence-corrected chi connectivity index (χ2v) is 7.99. The number of hydrogen-bond acceptors (Lipinski definition) is 4. The van der Waals surface area contributed by atoms with Gasteiger partial charge in [0.2, 0.25) is 0 Å². The number of unbranched alkanes of at least 4 members (excludes halogenated alkanes) is 1. The number of para-hydroxylation sites is 1. The van der Waals surface area contributed by atoms with Gasteiger partial charge in [0.05, 0.1) is 17.4 Å². The number of H-pyrrole nitrogens is 1. The van der Waals surface area contributed by atoms with E-state index < -0.39 is 11.6 Å². The Kier molecular flexibility index (Phi) is 7.28. The lowest BCUT2D eigenvalue weighted by Gasteiger charge is -2.21. The van der Waals surface area contributed by atoms with Gasteiger partial charge < -0.3 is 15.2 Å². The lowest BCUT2D eigenvalue weighted by atomic mass is 10.1. The van der Waals surface area contributed by atoms with Crippen LogP contribution in [0.5, 0.6) is 0 Å². The van der Waals surface area contributed by atoms with Gasteiger partial charge in [0.1, 0.15) is 6.54 Å². The van der Waals surface area contributed by atoms with Gasteiger partial charge in [-0.25, -0.2) is 9.78 Å². The molecule has 2 rings (SSSR count). The lowest BCUT2D eigenvalue weighted by Crippen LogP contribution is -3.12. The number of amides is 3. The van der Waals surface area contributed by atoms with Crippen molar-refractivity contribution in [2.75, 3.05) is 13.1 Å². The first-order valence-corrected chi connectivity index (χ1v) is 9.61. The minimum Gasteiger partial charge on any atom is -0.333 e. The van der Waals surface area contributed by atoms with Gasteiger partial charge in [0.15, 0.2) is 12.4 Å². The fourth-order valence-corrected chi connectivity index (χ4v) is 2.89. The normalized spacial score (nSPS) is 12.6. The van der Waals surface area contributed by atoms with Gasteiger partial charge >= 0.3 is 6.03 Å². The molecule has 3 amide bonds. The van der Waals surface area contributed by atoms with E-state index in [1.807, 2.05) is 26.8 Å². The first-order chi connectivity index (χ1) is 13.2. The van der Waals surface area contributed by atoms with Crippen LogP contribution in [0.4, 0.5) is 4.79 Å². The van der Waals surface area contributed by atoms with Crippen LogP contribution in [0.1, 0.15) is 46.4 Å². The largest absolute Gasteiger partial charge is 0.333 e. The van der Waals surface area contributed by atoms with Crippen molar-refractivity contribution in [3.8, 4) is 0 Å². The minimum absolute atomic E-state index is 0.119. The lowest BCUT2D eigenvalue weighted by molar-refractivity contribution is -0.906. The summed E-state index contributed by atoms with van der Waals surface area (Å²) in [7, 11) is 0. The highest BCUT2D eigenvalue weighted by Gasteiger charge is 2.20. The summed E-state index contributed by atoms with van der Waals surface area (Å²) in [4.78, 5) is 44.7. The van der Waals surface area contributed by atoms with Crippen molar-refractivity contribution in [2.45, 2.75) is 52.6 Å². The predicted molar refractivity (Wildman–Crippen MR) is 108 cm³/mol. The molecule has 8 heteroatoms. The second kappa shape index (κ2) is 9.45. The van der Waals surface area contributed by atoms with Crippen molar-refractivity contribution in [3.05, 3.63) is 40.4 Å². The van der Waals surface area contributed by atoms with E-state index in [1.165, 1.54) is 0 Å². The molecule has 1 heterocycles. The summed E-state index contributed by atoms with van der Waals surface area (Å²) in [5.74, 6) is 0.165. The highest BCUT2D eigenvalue weighted by Crippen LogP contribution is 2.05. The molecule has 152 valence electrons. The standard InChI is InChI=1S/C20H29N5O3/c1-5-6-11-25(13-17(26)23-19(28)24-20(2,3)4)12-16-21-15-10-8-7-9-14(15)18(27)22-16/h7-10H,5-6,11-13H2,1-4H3,(H,21,22,27)(H2,23,24,26,28)/p+1. The molecule has 8 nitrogen and oxygen atoms in total. The Balaban J connectivity index is 2.08. The van der Waals surface area contributed by atoms with Crippen LogP contribution in [0.2, 0.25) is 0 Å². The Morgan fingerprint density at radius 3 is 2.61 bits per heavy atom. The van der Waals surface area contributed by atoms with E-state index in [0.717, 1.165) is 24.3 Å². The maximum absolute atomic E-state index is 12.3. The molecule has 1 aromatic carbocycles. The van der Waals surface area contributed by atoms with Crippen LogP contribution in [0.15, 0.2) is 29.1 Å². The summed E-state index contributed by atoms with van der Waals surface area (Å²) < 4.78 is 0. The van der Waals surface area contributed by atoms with Crippen LogP contribution in [-0.2, 0) is 11.3 Å². The third kappa shape index (κ3) is 6.77. The van der Waals surface area contributed by atoms with Crippen molar-refractivity contribution >= 4 is 22.8 Å². The number of nitrogens with zero attached hydrogens (tertiary/aromatic N) is 1. The molecule has 0 aliphatic heterocycles. The van der Waals surface area contributed by atoms with Crippen molar-refractivity contribution in [3.63, 3.8) is 0 Å². The van der Waals surface area contributed by atoms with Gasteiger partial charge in [-0.15, -0.1) is 0 Å². The summed E-state index contributed by atoms with van der Waals surface area (Å²) in [5.41, 5.74) is 0.0164. The number of carbonyl (C=O) groups excluding carboxylic acids is 2. The molecular formula is C20H30N5O3+. The first-order valence-electron chi connectivity index (χ1n) is 9.61. The topological polar surface area (TPSA) is 108 Å². The Labute approximate surface area is 164 Å². The molecule has 0 saturated carbocycles. The molecule has 1 atom stereocenters. The van der Waals surface area contributed by atoms with E-state index in [2.05, 4.69) is 27.5 Å². The molecule has 0 aliphatic carbocycles. The molecule has 0 bridgehead atoms. The third-order valence-corrected chi connectivity index (χ3v) is 4.12. The van der Waals surface area contributed by atoms with Crippen molar-refractivity contribution in [2.24, 2.45) is 0 Å². The number of aromatic nitrogens is 2. The molecule has 0 spiro atoms. The van der Waals surface area contributed by atoms with Gasteiger partial charge in [-0.3, -0.25) is 14.9 Å². The van der Waals surface area contributed by atoms with Crippen LogP contribution in [-0.4, -0.2) is 40.5 Å². The van der Waals surface area contributed by atoms with Gasteiger partial charge in [0.25, 0.3) is 11.5 Å². The summed E-state index contributed by atoms with van der Waals surface area (Å²) in [6.45, 7) is 8.86. The van der Waals surface area contributed by atoms with E-state index >= 15 is 0 Å². The zero-order chi connectivity index (χ0) is 20.7. The zero-order valence-corrected chi connectivity index (χ0v) is 17.0. The van der Waals surface area contributed by atoms with Crippen molar-refractivity contribution in [1.29, 1.82) is 0 Å². The molecule has 0 aliphatic rings. The molecule has 1 unspecified atom stereocenters.